The standard InChI is InChI=1S/C48H47ClF3N5O6S3.C7H15NO/c1-3-57-32(2)44(47(60)63-28-22-43(58)59)45(46(57)33-12-14-35(49)15-13-33)34-8-7-9-38(30-34)56-26-24-55(25-27-56)37-18-16-36(17-19-37)54-65-40-20-21-41(42(31-40)66(61,62)48(50,51)52)53-23-29-64-39-10-5-4-6-11-39;1-2-8-5-3-7(9)4-6-8/h4-21,30-31,53-54H,3,22-29H2,1-2H3,(H,58,59);7,9H,2-6H2,1H3. The fourth-order valence-electron chi connectivity index (χ4n) is 8.98. The van der Waals surface area contributed by atoms with Gasteiger partial charge in [-0.05, 0) is 135 Å². The molecule has 0 saturated carbocycles. The highest BCUT2D eigenvalue weighted by atomic mass is 35.5. The molecule has 2 saturated heterocycles. The van der Waals surface area contributed by atoms with Gasteiger partial charge in [-0.2, -0.15) is 13.2 Å². The first-order chi connectivity index (χ1) is 36.0. The van der Waals surface area contributed by atoms with Gasteiger partial charge in [0.2, 0.25) is 0 Å². The highest BCUT2D eigenvalue weighted by Gasteiger charge is 2.48. The normalized spacial score (nSPS) is 14.5. The summed E-state index contributed by atoms with van der Waals surface area (Å²) in [5.41, 5.74) is 1.30. The van der Waals surface area contributed by atoms with E-state index in [1.807, 2.05) is 98.8 Å². The van der Waals surface area contributed by atoms with Crippen LogP contribution >= 0.6 is 35.3 Å². The lowest BCUT2D eigenvalue weighted by atomic mass is 9.96. The van der Waals surface area contributed by atoms with E-state index in [0.717, 1.165) is 83.6 Å². The lowest BCUT2D eigenvalue weighted by molar-refractivity contribution is -0.137. The van der Waals surface area contributed by atoms with Crippen LogP contribution in [0.5, 0.6) is 0 Å². The summed E-state index contributed by atoms with van der Waals surface area (Å²) in [6, 6.07) is 36.5. The largest absolute Gasteiger partial charge is 0.501 e. The Bertz CT molecular complexity index is 2970. The number of aliphatic carboxylic acids is 1. The van der Waals surface area contributed by atoms with Crippen molar-refractivity contribution in [2.24, 2.45) is 0 Å². The van der Waals surface area contributed by atoms with Gasteiger partial charge in [-0.1, -0.05) is 61.0 Å². The number of sulfone groups is 1. The number of esters is 1. The molecule has 13 nitrogen and oxygen atoms in total. The maximum atomic E-state index is 13.8. The second-order valence-electron chi connectivity index (χ2n) is 17.9. The number of hydrogen-bond donors (Lipinski definition) is 4. The number of nitrogens with zero attached hydrogens (tertiary/aromatic N) is 4. The number of aliphatic hydroxyl groups excluding tert-OH is 1. The van der Waals surface area contributed by atoms with Crippen LogP contribution in [0.4, 0.5) is 35.9 Å². The van der Waals surface area contributed by atoms with E-state index in [2.05, 4.69) is 42.3 Å². The topological polar surface area (TPSA) is 157 Å². The first-order valence-electron chi connectivity index (χ1n) is 24.8. The van der Waals surface area contributed by atoms with E-state index < -0.39 is 32.2 Å². The molecule has 1 aromatic heterocycles. The van der Waals surface area contributed by atoms with Crippen LogP contribution < -0.4 is 19.8 Å². The van der Waals surface area contributed by atoms with Crippen molar-refractivity contribution < 1.29 is 46.1 Å². The second-order valence-corrected chi connectivity index (χ2v) is 22.2. The number of anilines is 4. The van der Waals surface area contributed by atoms with Crippen LogP contribution in [0.3, 0.4) is 0 Å². The van der Waals surface area contributed by atoms with E-state index >= 15 is 0 Å². The van der Waals surface area contributed by atoms with Crippen LogP contribution in [0.2, 0.25) is 5.02 Å². The summed E-state index contributed by atoms with van der Waals surface area (Å²) in [4.78, 5) is 32.3. The molecule has 2 aliphatic heterocycles. The minimum Gasteiger partial charge on any atom is -0.481 e. The lowest BCUT2D eigenvalue weighted by Crippen LogP contribution is -2.46. The van der Waals surface area contributed by atoms with E-state index in [4.69, 9.17) is 21.4 Å². The summed E-state index contributed by atoms with van der Waals surface area (Å²) in [6.07, 6.45) is 1.60. The Balaban J connectivity index is 0.000000824. The van der Waals surface area contributed by atoms with Crippen LogP contribution in [0.15, 0.2) is 136 Å². The van der Waals surface area contributed by atoms with Crippen LogP contribution in [-0.2, 0) is 25.9 Å². The SMILES string of the molecule is CCN1CCC(O)CC1.CCn1c(C)c(C(=O)OCCC(=O)O)c(-c2cccc(N3CCN(c4ccc(NSc5ccc(NCCSc6ccccc6)c(S(=O)(=O)C(F)(F)F)c5)cc4)CC3)c2)c1-c1ccc(Cl)cc1. The number of hydrogen-bond acceptors (Lipinski definition) is 13. The number of ether oxygens (including phenoxy) is 1. The van der Waals surface area contributed by atoms with E-state index in [-0.39, 0.29) is 36.3 Å². The molecule has 0 aliphatic carbocycles. The van der Waals surface area contributed by atoms with Crippen molar-refractivity contribution in [3.63, 3.8) is 0 Å². The third-order valence-corrected chi connectivity index (χ3v) is 16.6. The predicted molar refractivity (Wildman–Crippen MR) is 296 cm³/mol. The smallest absolute Gasteiger partial charge is 0.481 e. The maximum absolute atomic E-state index is 13.8. The fourth-order valence-corrected chi connectivity index (χ4v) is 11.6. The molecular weight excluding hydrogens is 1050 g/mol. The van der Waals surface area contributed by atoms with Gasteiger partial charge >= 0.3 is 17.4 Å². The van der Waals surface area contributed by atoms with E-state index in [1.54, 1.807) is 18.2 Å². The summed E-state index contributed by atoms with van der Waals surface area (Å²) >= 11 is 8.78. The highest BCUT2D eigenvalue weighted by Crippen LogP contribution is 2.42. The zero-order valence-electron chi connectivity index (χ0n) is 42.0. The average Bonchev–Trinajstić information content (AvgIpc) is 3.73. The van der Waals surface area contributed by atoms with Crippen LogP contribution in [-0.4, -0.2) is 116 Å². The molecule has 2 aliphatic rings. The number of carbonyl (C=O) groups is 2. The third kappa shape index (κ3) is 14.8. The number of aromatic nitrogens is 1. The Morgan fingerprint density at radius 2 is 1.45 bits per heavy atom. The number of alkyl halides is 3. The number of nitrogens with one attached hydrogen (secondary N) is 2. The lowest BCUT2D eigenvalue weighted by Gasteiger charge is -2.37. The fraction of sp³-hybridized carbons (Fsp3) is 0.345. The van der Waals surface area contributed by atoms with Crippen molar-refractivity contribution in [1.82, 2.24) is 9.47 Å². The molecule has 75 heavy (non-hydrogen) atoms. The first-order valence-corrected chi connectivity index (χ1v) is 28.4. The average molecular weight is 1110 g/mol. The zero-order chi connectivity index (χ0) is 53.7. The molecule has 400 valence electrons. The maximum Gasteiger partial charge on any atom is 0.501 e. The number of halogens is 4. The Hall–Kier alpha value is -5.83. The minimum absolute atomic E-state index is 0.0206. The molecule has 5 aromatic carbocycles. The Kier molecular flexibility index (Phi) is 19.9. The quantitative estimate of drug-likeness (QED) is 0.0263. The number of rotatable bonds is 19. The van der Waals surface area contributed by atoms with E-state index in [9.17, 15) is 36.3 Å². The molecule has 0 spiro atoms. The molecule has 0 unspecified atom stereocenters. The van der Waals surface area contributed by atoms with Crippen LogP contribution in [0, 0.1) is 6.92 Å². The van der Waals surface area contributed by atoms with Crippen molar-refractivity contribution >= 4 is 79.8 Å². The van der Waals surface area contributed by atoms with Crippen molar-refractivity contribution in [2.75, 3.05) is 84.6 Å². The molecule has 4 N–H and O–H groups in total. The van der Waals surface area contributed by atoms with Gasteiger partial charge < -0.3 is 44.3 Å². The molecule has 0 radical (unpaired) electrons. The van der Waals surface area contributed by atoms with Gasteiger partial charge in [0, 0.05) is 101 Å². The number of benzene rings is 5. The van der Waals surface area contributed by atoms with Crippen LogP contribution in [0.25, 0.3) is 22.4 Å². The molecular formula is C55H62ClF3N6O7S3. The number of aliphatic hydroxyl groups is 1. The van der Waals surface area contributed by atoms with Gasteiger partial charge in [-0.25, -0.2) is 13.2 Å². The molecule has 0 atom stereocenters. The van der Waals surface area contributed by atoms with E-state index in [1.165, 1.54) is 17.8 Å². The Labute approximate surface area is 450 Å². The number of carboxylic acid groups (broad SMARTS) is 1. The van der Waals surface area contributed by atoms with Crippen molar-refractivity contribution in [3.05, 3.63) is 138 Å². The zero-order valence-corrected chi connectivity index (χ0v) is 45.2. The van der Waals surface area contributed by atoms with Crippen molar-refractivity contribution in [2.45, 2.75) is 72.9 Å². The van der Waals surface area contributed by atoms with Crippen molar-refractivity contribution in [1.29, 1.82) is 0 Å². The number of piperidine rings is 1. The number of thioether (sulfide) groups is 1. The summed E-state index contributed by atoms with van der Waals surface area (Å²) in [5.74, 6) is -1.15. The third-order valence-electron chi connectivity index (χ3n) is 13.0. The second kappa shape index (κ2) is 26.3. The van der Waals surface area contributed by atoms with Gasteiger partial charge in [0.1, 0.15) is 11.5 Å². The Morgan fingerprint density at radius 3 is 2.08 bits per heavy atom. The van der Waals surface area contributed by atoms with Gasteiger partial charge in [-0.15, -0.1) is 11.8 Å². The summed E-state index contributed by atoms with van der Waals surface area (Å²) in [7, 11) is -5.64. The van der Waals surface area contributed by atoms with Crippen molar-refractivity contribution in [3.8, 4) is 22.4 Å². The molecule has 6 aromatic rings. The number of carbonyl (C=O) groups excluding carboxylic acids is 1. The summed E-state index contributed by atoms with van der Waals surface area (Å²) < 4.78 is 77.3. The minimum atomic E-state index is -5.64. The molecule has 2 fully saturated rings. The van der Waals surface area contributed by atoms with E-state index in [0.29, 0.717) is 66.0 Å². The van der Waals surface area contributed by atoms with Gasteiger partial charge in [0.15, 0.2) is 0 Å². The highest BCUT2D eigenvalue weighted by molar-refractivity contribution is 8.00. The van der Waals surface area contributed by atoms with Gasteiger partial charge in [0.05, 0.1) is 29.5 Å². The molecule has 0 bridgehead atoms. The number of piperazine rings is 1. The Morgan fingerprint density at radius 1 is 0.787 bits per heavy atom. The molecule has 20 heteroatoms. The van der Waals surface area contributed by atoms with Gasteiger partial charge in [-0.3, -0.25) is 4.79 Å². The molecule has 3 heterocycles. The molecule has 8 rings (SSSR count). The number of carboxylic acids is 1. The molecule has 0 amide bonds. The van der Waals surface area contributed by atoms with Crippen LogP contribution in [0.1, 0.15) is 49.2 Å². The first kappa shape index (κ1) is 56.9. The summed E-state index contributed by atoms with van der Waals surface area (Å²) in [5, 5.41) is 21.7. The predicted octanol–water partition coefficient (Wildman–Crippen LogP) is 11.8. The van der Waals surface area contributed by atoms with Gasteiger partial charge in [0.25, 0.3) is 9.84 Å². The number of likely N-dealkylation sites (tertiary alicyclic amines) is 1. The monoisotopic (exact) mass is 1110 g/mol. The summed E-state index contributed by atoms with van der Waals surface area (Å²) in [6.45, 7) is 12.7.